The minimum Gasteiger partial charge on any atom is -0.480 e. The first-order chi connectivity index (χ1) is 10.5. The number of methoxy groups -OCH3 is 1. The van der Waals surface area contributed by atoms with E-state index in [0.29, 0.717) is 11.3 Å². The van der Waals surface area contributed by atoms with Gasteiger partial charge < -0.3 is 9.72 Å². The predicted octanol–water partition coefficient (Wildman–Crippen LogP) is 3.26. The Hall–Kier alpha value is -2.62. The molecule has 0 spiro atoms. The van der Waals surface area contributed by atoms with Gasteiger partial charge in [-0.25, -0.2) is 4.98 Å². The molecule has 1 N–H and O–H groups in total. The molecule has 4 nitrogen and oxygen atoms in total. The van der Waals surface area contributed by atoms with E-state index in [2.05, 4.69) is 35.9 Å². The summed E-state index contributed by atoms with van der Waals surface area (Å²) in [4.78, 5) is 19.6. The Morgan fingerprint density at radius 2 is 1.86 bits per heavy atom. The molecule has 2 aromatic heterocycles. The normalized spacial score (nSPS) is 11.6. The highest BCUT2D eigenvalue weighted by Gasteiger charge is 2.25. The maximum absolute atomic E-state index is 12.5. The molecule has 0 atom stereocenters. The van der Waals surface area contributed by atoms with Crippen molar-refractivity contribution in [3.05, 3.63) is 70.3 Å². The van der Waals surface area contributed by atoms with Crippen LogP contribution in [0.2, 0.25) is 0 Å². The van der Waals surface area contributed by atoms with Crippen LogP contribution in [-0.4, -0.2) is 17.1 Å². The Balaban J connectivity index is 2.23. The minimum absolute atomic E-state index is 0.179. The third-order valence-corrected chi connectivity index (χ3v) is 4.09. The average Bonchev–Trinajstić information content (AvgIpc) is 2.54. The summed E-state index contributed by atoms with van der Waals surface area (Å²) in [5.41, 5.74) is 1.53. The predicted molar refractivity (Wildman–Crippen MR) is 87.5 cm³/mol. The highest BCUT2D eigenvalue weighted by Crippen LogP contribution is 2.31. The largest absolute Gasteiger partial charge is 0.480 e. The van der Waals surface area contributed by atoms with E-state index in [4.69, 9.17) is 4.74 Å². The van der Waals surface area contributed by atoms with E-state index < -0.39 is 0 Å². The lowest BCUT2D eigenvalue weighted by atomic mass is 9.81. The zero-order chi connectivity index (χ0) is 15.7. The number of nitrogens with zero attached hydrogens (tertiary/aromatic N) is 1. The third-order valence-electron chi connectivity index (χ3n) is 4.09. The SMILES string of the molecule is COc1nccc2cc(C(C)(C)c3ccccc3)[nH]c(=O)c12. The van der Waals surface area contributed by atoms with Crippen LogP contribution >= 0.6 is 0 Å². The van der Waals surface area contributed by atoms with Gasteiger partial charge in [0.15, 0.2) is 0 Å². The van der Waals surface area contributed by atoms with Crippen LogP contribution in [0.5, 0.6) is 5.88 Å². The minimum atomic E-state index is -0.300. The zero-order valence-electron chi connectivity index (χ0n) is 12.9. The number of H-pyrrole nitrogens is 1. The van der Waals surface area contributed by atoms with Gasteiger partial charge in [-0.3, -0.25) is 4.79 Å². The summed E-state index contributed by atoms with van der Waals surface area (Å²) in [6, 6.07) is 13.9. The summed E-state index contributed by atoms with van der Waals surface area (Å²) < 4.78 is 5.19. The van der Waals surface area contributed by atoms with Crippen molar-refractivity contribution < 1.29 is 4.74 Å². The third kappa shape index (κ3) is 2.26. The second kappa shape index (κ2) is 5.30. The molecule has 112 valence electrons. The quantitative estimate of drug-likeness (QED) is 0.806. The molecule has 3 aromatic rings. The fourth-order valence-electron chi connectivity index (χ4n) is 2.68. The van der Waals surface area contributed by atoms with Gasteiger partial charge in [0.2, 0.25) is 5.88 Å². The molecule has 0 saturated carbocycles. The molecule has 0 aliphatic carbocycles. The number of benzene rings is 1. The fraction of sp³-hybridized carbons (Fsp3) is 0.222. The van der Waals surface area contributed by atoms with Crippen molar-refractivity contribution in [3.63, 3.8) is 0 Å². The molecule has 0 bridgehead atoms. The lowest BCUT2D eigenvalue weighted by molar-refractivity contribution is 0.403. The van der Waals surface area contributed by atoms with Gasteiger partial charge in [0.05, 0.1) is 7.11 Å². The van der Waals surface area contributed by atoms with E-state index in [1.54, 1.807) is 6.20 Å². The molecule has 2 heterocycles. The van der Waals surface area contributed by atoms with E-state index >= 15 is 0 Å². The molecule has 22 heavy (non-hydrogen) atoms. The van der Waals surface area contributed by atoms with Gasteiger partial charge in [-0.15, -0.1) is 0 Å². The number of ether oxygens (including phenoxy) is 1. The monoisotopic (exact) mass is 294 g/mol. The summed E-state index contributed by atoms with van der Waals surface area (Å²) in [7, 11) is 1.52. The second-order valence-electron chi connectivity index (χ2n) is 5.79. The van der Waals surface area contributed by atoms with Crippen LogP contribution in [0.25, 0.3) is 10.8 Å². The van der Waals surface area contributed by atoms with Crippen molar-refractivity contribution in [3.8, 4) is 5.88 Å². The van der Waals surface area contributed by atoms with Crippen molar-refractivity contribution in [2.75, 3.05) is 7.11 Å². The van der Waals surface area contributed by atoms with Crippen LogP contribution in [0.3, 0.4) is 0 Å². The lowest BCUT2D eigenvalue weighted by Gasteiger charge is -2.25. The average molecular weight is 294 g/mol. The molecular formula is C18H18N2O2. The first-order valence-electron chi connectivity index (χ1n) is 7.16. The molecule has 0 radical (unpaired) electrons. The van der Waals surface area contributed by atoms with Crippen molar-refractivity contribution in [1.82, 2.24) is 9.97 Å². The molecule has 0 aliphatic heterocycles. The van der Waals surface area contributed by atoms with E-state index in [1.165, 1.54) is 7.11 Å². The van der Waals surface area contributed by atoms with Gasteiger partial charge in [-0.1, -0.05) is 44.2 Å². The number of nitrogens with one attached hydrogen (secondary N) is 1. The van der Waals surface area contributed by atoms with Crippen molar-refractivity contribution in [2.24, 2.45) is 0 Å². The maximum atomic E-state index is 12.5. The number of rotatable bonds is 3. The zero-order valence-corrected chi connectivity index (χ0v) is 12.9. The van der Waals surface area contributed by atoms with Crippen molar-refractivity contribution >= 4 is 10.8 Å². The fourth-order valence-corrected chi connectivity index (χ4v) is 2.68. The molecule has 0 aliphatic rings. The molecule has 0 fully saturated rings. The Morgan fingerprint density at radius 3 is 2.55 bits per heavy atom. The topological polar surface area (TPSA) is 55.0 Å². The highest BCUT2D eigenvalue weighted by molar-refractivity contribution is 5.86. The van der Waals surface area contributed by atoms with Crippen LogP contribution in [0.1, 0.15) is 25.1 Å². The maximum Gasteiger partial charge on any atom is 0.261 e. The van der Waals surface area contributed by atoms with Gasteiger partial charge in [0.25, 0.3) is 5.56 Å². The molecule has 1 aromatic carbocycles. The molecule has 0 saturated heterocycles. The highest BCUT2D eigenvalue weighted by atomic mass is 16.5. The number of pyridine rings is 2. The van der Waals surface area contributed by atoms with Gasteiger partial charge >= 0.3 is 0 Å². The van der Waals surface area contributed by atoms with Gasteiger partial charge in [-0.05, 0) is 23.1 Å². The van der Waals surface area contributed by atoms with Crippen LogP contribution in [0.4, 0.5) is 0 Å². The Morgan fingerprint density at radius 1 is 1.14 bits per heavy atom. The van der Waals surface area contributed by atoms with Gasteiger partial charge in [0.1, 0.15) is 5.39 Å². The first kappa shape index (κ1) is 14.3. The summed E-state index contributed by atoms with van der Waals surface area (Å²) in [5, 5.41) is 1.31. The van der Waals surface area contributed by atoms with Crippen molar-refractivity contribution in [1.29, 1.82) is 0 Å². The van der Waals surface area contributed by atoms with Crippen LogP contribution in [0.15, 0.2) is 53.5 Å². The summed E-state index contributed by atoms with van der Waals surface area (Å²) >= 11 is 0. The Bertz CT molecular complexity index is 867. The molecular weight excluding hydrogens is 276 g/mol. The van der Waals surface area contributed by atoms with E-state index in [-0.39, 0.29) is 11.0 Å². The molecule has 3 rings (SSSR count). The lowest BCUT2D eigenvalue weighted by Crippen LogP contribution is -2.24. The number of aromatic nitrogens is 2. The van der Waals surface area contributed by atoms with Gasteiger partial charge in [0, 0.05) is 17.3 Å². The van der Waals surface area contributed by atoms with Crippen LogP contribution < -0.4 is 10.3 Å². The molecule has 0 unspecified atom stereocenters. The standard InChI is InChI=1S/C18H18N2O2/c1-18(2,13-7-5-4-6-8-13)14-11-12-9-10-19-17(22-3)15(12)16(21)20-14/h4-11H,1-3H3,(H,20,21). The van der Waals surface area contributed by atoms with Crippen molar-refractivity contribution in [2.45, 2.75) is 19.3 Å². The first-order valence-corrected chi connectivity index (χ1v) is 7.16. The smallest absolute Gasteiger partial charge is 0.261 e. The van der Waals surface area contributed by atoms with E-state index in [1.807, 2.05) is 30.3 Å². The van der Waals surface area contributed by atoms with Gasteiger partial charge in [-0.2, -0.15) is 0 Å². The van der Waals surface area contributed by atoms with E-state index in [0.717, 1.165) is 16.6 Å². The van der Waals surface area contributed by atoms with E-state index in [9.17, 15) is 4.79 Å². The molecule has 4 heteroatoms. The number of fused-ring (bicyclic) bond motifs is 1. The summed E-state index contributed by atoms with van der Waals surface area (Å²) in [6.45, 7) is 4.19. The summed E-state index contributed by atoms with van der Waals surface area (Å²) in [5.74, 6) is 0.350. The van der Waals surface area contributed by atoms with Crippen LogP contribution in [0, 0.1) is 0 Å². The van der Waals surface area contributed by atoms with Crippen LogP contribution in [-0.2, 0) is 5.41 Å². The second-order valence-corrected chi connectivity index (χ2v) is 5.79. The number of hydrogen-bond acceptors (Lipinski definition) is 3. The molecule has 0 amide bonds. The number of hydrogen-bond donors (Lipinski definition) is 1. The number of aromatic amines is 1. The Labute approximate surface area is 128 Å². The summed E-state index contributed by atoms with van der Waals surface area (Å²) in [6.07, 6.45) is 1.65. The Kier molecular flexibility index (Phi) is 3.45.